The molecule has 2 aliphatic rings. The molecular weight excluding hydrogens is 354 g/mol. The molecule has 28 heavy (non-hydrogen) atoms. The van der Waals surface area contributed by atoms with E-state index in [2.05, 4.69) is 44.4 Å². The van der Waals surface area contributed by atoms with Crippen molar-refractivity contribution in [3.05, 3.63) is 60.4 Å². The molecule has 140 valence electrons. The minimum absolute atomic E-state index is 0.197. The van der Waals surface area contributed by atoms with E-state index in [1.54, 1.807) is 24.9 Å². The second kappa shape index (κ2) is 6.07. The Bertz CT molecular complexity index is 1050. The van der Waals surface area contributed by atoms with Crippen molar-refractivity contribution in [3.63, 3.8) is 0 Å². The van der Waals surface area contributed by atoms with E-state index in [9.17, 15) is 0 Å². The Balaban J connectivity index is 1.47. The highest BCUT2D eigenvalue weighted by Crippen LogP contribution is 2.48. The topological polar surface area (TPSA) is 103 Å². The molecule has 1 aromatic carbocycles. The molecule has 1 saturated carbocycles. The largest absolute Gasteiger partial charge is 0.438 e. The molecule has 0 spiro atoms. The number of benzene rings is 1. The van der Waals surface area contributed by atoms with Gasteiger partial charge in [0, 0.05) is 18.0 Å². The van der Waals surface area contributed by atoms with E-state index in [4.69, 9.17) is 15.2 Å². The number of rotatable bonds is 4. The first-order valence-electron chi connectivity index (χ1n) is 9.20. The Morgan fingerprint density at radius 2 is 1.82 bits per heavy atom. The molecule has 1 aliphatic carbocycles. The van der Waals surface area contributed by atoms with Gasteiger partial charge in [0.2, 0.25) is 12.3 Å². The lowest BCUT2D eigenvalue weighted by molar-refractivity contribution is 0.271. The highest BCUT2D eigenvalue weighted by Gasteiger charge is 2.46. The Kier molecular flexibility index (Phi) is 3.63. The summed E-state index contributed by atoms with van der Waals surface area (Å²) in [4.78, 5) is 17.0. The molecule has 8 heteroatoms. The van der Waals surface area contributed by atoms with Crippen LogP contribution in [0.3, 0.4) is 0 Å². The number of aromatic nitrogens is 4. The van der Waals surface area contributed by atoms with Gasteiger partial charge in [-0.3, -0.25) is 4.52 Å². The van der Waals surface area contributed by atoms with E-state index < -0.39 is 0 Å². The number of hydrogen-bond donors (Lipinski definition) is 1. The lowest BCUT2D eigenvalue weighted by atomic mass is 9.64. The Morgan fingerprint density at radius 3 is 2.43 bits per heavy atom. The second-order valence-corrected chi connectivity index (χ2v) is 7.45. The molecule has 0 radical (unpaired) electrons. The van der Waals surface area contributed by atoms with Gasteiger partial charge in [-0.25, -0.2) is 15.0 Å². The first-order chi connectivity index (χ1) is 13.6. The van der Waals surface area contributed by atoms with Crippen LogP contribution in [0.15, 0.2) is 58.6 Å². The summed E-state index contributed by atoms with van der Waals surface area (Å²) in [6, 6.07) is 8.95. The molecule has 1 fully saturated rings. The fraction of sp³-hybridized carbons (Fsp3) is 0.250. The van der Waals surface area contributed by atoms with Crippen LogP contribution in [0.4, 0.5) is 12.0 Å². The third-order valence-corrected chi connectivity index (χ3v) is 5.67. The van der Waals surface area contributed by atoms with Crippen molar-refractivity contribution < 1.29 is 4.52 Å². The lowest BCUT2D eigenvalue weighted by Gasteiger charge is -2.39. The third kappa shape index (κ3) is 2.53. The maximum atomic E-state index is 5.60. The molecule has 1 atom stereocenters. The molecule has 0 amide bonds. The average Bonchev–Trinajstić information content (AvgIpc) is 3.33. The molecule has 5 rings (SSSR count). The first kappa shape index (κ1) is 16.8. The number of aliphatic imine (C=N–C) groups is 1. The van der Waals surface area contributed by atoms with Gasteiger partial charge in [-0.2, -0.15) is 4.48 Å². The van der Waals surface area contributed by atoms with Crippen LogP contribution in [0.5, 0.6) is 0 Å². The summed E-state index contributed by atoms with van der Waals surface area (Å²) < 4.78 is 5.89. The zero-order valence-corrected chi connectivity index (χ0v) is 15.5. The number of nitrogens with two attached hydrogens (primary N) is 1. The predicted octanol–water partition coefficient (Wildman–Crippen LogP) is 3.03. The van der Waals surface area contributed by atoms with E-state index in [1.807, 2.05) is 13.2 Å². The number of anilines is 1. The van der Waals surface area contributed by atoms with Gasteiger partial charge in [0.15, 0.2) is 5.82 Å². The third-order valence-electron chi connectivity index (χ3n) is 5.67. The van der Waals surface area contributed by atoms with Crippen molar-refractivity contribution in [2.75, 3.05) is 12.8 Å². The molecule has 1 unspecified atom stereocenters. The van der Waals surface area contributed by atoms with Crippen LogP contribution >= 0.6 is 0 Å². The molecule has 1 aliphatic heterocycles. The summed E-state index contributed by atoms with van der Waals surface area (Å²) in [5, 5.41) is 4.34. The van der Waals surface area contributed by atoms with E-state index in [-0.39, 0.29) is 11.4 Å². The van der Waals surface area contributed by atoms with Gasteiger partial charge in [-0.1, -0.05) is 35.8 Å². The zero-order chi connectivity index (χ0) is 19.2. The maximum absolute atomic E-state index is 5.60. The van der Waals surface area contributed by atoms with Crippen LogP contribution in [0, 0.1) is 0 Å². The van der Waals surface area contributed by atoms with Crippen LogP contribution in [0.1, 0.15) is 30.7 Å². The van der Waals surface area contributed by atoms with Crippen molar-refractivity contribution in [2.45, 2.75) is 24.7 Å². The van der Waals surface area contributed by atoms with E-state index in [0.717, 1.165) is 36.2 Å². The van der Waals surface area contributed by atoms with E-state index in [0.29, 0.717) is 10.5 Å². The van der Waals surface area contributed by atoms with Gasteiger partial charge in [-0.15, -0.1) is 4.98 Å². The van der Waals surface area contributed by atoms with Crippen LogP contribution < -0.4 is 10.2 Å². The number of nitrogens with zero attached hydrogens (tertiary/aromatic N) is 6. The van der Waals surface area contributed by atoms with Crippen molar-refractivity contribution >= 4 is 18.3 Å². The Labute approximate surface area is 162 Å². The van der Waals surface area contributed by atoms with Crippen molar-refractivity contribution in [3.8, 4) is 11.1 Å². The van der Waals surface area contributed by atoms with Gasteiger partial charge < -0.3 is 5.73 Å². The second-order valence-electron chi connectivity index (χ2n) is 7.45. The molecule has 3 aromatic rings. The minimum Gasteiger partial charge on any atom is -0.368 e. The Hall–Kier alpha value is -3.39. The molecule has 2 N–H and O–H groups in total. The van der Waals surface area contributed by atoms with E-state index in [1.165, 1.54) is 5.56 Å². The van der Waals surface area contributed by atoms with Crippen LogP contribution in [-0.4, -0.2) is 33.5 Å². The molecule has 0 saturated heterocycles. The monoisotopic (exact) mass is 374 g/mol. The maximum Gasteiger partial charge on any atom is 0.438 e. The fourth-order valence-corrected chi connectivity index (χ4v) is 3.75. The smallest absolute Gasteiger partial charge is 0.368 e. The van der Waals surface area contributed by atoms with Crippen molar-refractivity contribution in [1.82, 2.24) is 24.6 Å². The molecule has 0 bridgehead atoms. The number of quaternary nitrogens is 1. The van der Waals surface area contributed by atoms with Crippen LogP contribution in [0.25, 0.3) is 11.1 Å². The molecule has 3 heterocycles. The molecule has 2 aromatic heterocycles. The van der Waals surface area contributed by atoms with Crippen LogP contribution in [-0.2, 0) is 5.41 Å². The van der Waals surface area contributed by atoms with Crippen molar-refractivity contribution in [2.24, 2.45) is 4.99 Å². The zero-order valence-electron chi connectivity index (χ0n) is 15.5. The Morgan fingerprint density at radius 1 is 1.07 bits per heavy atom. The number of hydrogen-bond acceptors (Lipinski definition) is 7. The lowest BCUT2D eigenvalue weighted by Crippen LogP contribution is -2.38. The predicted molar refractivity (Wildman–Crippen MR) is 106 cm³/mol. The quantitative estimate of drug-likeness (QED) is 0.704. The normalized spacial score (nSPS) is 22.3. The highest BCUT2D eigenvalue weighted by atomic mass is 16.5. The fourth-order valence-electron chi connectivity index (χ4n) is 3.75. The van der Waals surface area contributed by atoms with Crippen molar-refractivity contribution in [1.29, 1.82) is 0 Å². The summed E-state index contributed by atoms with van der Waals surface area (Å²) in [6.45, 7) is 0. The van der Waals surface area contributed by atoms with Gasteiger partial charge in [0.1, 0.15) is 6.20 Å². The van der Waals surface area contributed by atoms with Gasteiger partial charge in [0.05, 0.1) is 18.7 Å². The molecule has 8 nitrogen and oxygen atoms in total. The van der Waals surface area contributed by atoms with Gasteiger partial charge in [0.25, 0.3) is 0 Å². The summed E-state index contributed by atoms with van der Waals surface area (Å²) in [5.41, 5.74) is 8.55. The van der Waals surface area contributed by atoms with Gasteiger partial charge >= 0.3 is 6.01 Å². The number of nitrogen functional groups attached to an aromatic ring is 1. The standard InChI is InChI=1S/C20H20N7O/c1-27(10-9-22-13-27)19-25-17(26-28-19)20(7-2-8-20)16-5-3-14(4-6-16)15-11-23-18(21)24-12-15/h3-6,9-13H,2,7-8H2,1H3,(H2,21,23,24)/q+1. The van der Waals surface area contributed by atoms with E-state index >= 15 is 0 Å². The average molecular weight is 374 g/mol. The highest BCUT2D eigenvalue weighted by molar-refractivity contribution is 5.74. The summed E-state index contributed by atoms with van der Waals surface area (Å²) in [5.74, 6) is 1.02. The summed E-state index contributed by atoms with van der Waals surface area (Å²) >= 11 is 0. The first-order valence-corrected chi connectivity index (χ1v) is 9.20. The SMILES string of the molecule is C[N+]1(c2nc(C3(c4ccc(-c5cnc(N)nc5)cc4)CCC3)no2)C=CN=C1. The minimum atomic E-state index is -0.197. The van der Waals surface area contributed by atoms with Gasteiger partial charge in [-0.05, 0) is 24.0 Å². The van der Waals surface area contributed by atoms with Crippen LogP contribution in [0.2, 0.25) is 0 Å². The summed E-state index contributed by atoms with van der Waals surface area (Å²) in [6.07, 6.45) is 12.0. The summed E-state index contributed by atoms with van der Waals surface area (Å²) in [7, 11) is 1.96. The molecular formula is C20H20N7O+.